The van der Waals surface area contributed by atoms with Gasteiger partial charge in [0.1, 0.15) is 0 Å². The van der Waals surface area contributed by atoms with E-state index in [2.05, 4.69) is 22.1 Å². The second-order valence-electron chi connectivity index (χ2n) is 13.5. The molecule has 0 aliphatic heterocycles. The van der Waals surface area contributed by atoms with Gasteiger partial charge in [-0.25, -0.2) is 4.98 Å². The summed E-state index contributed by atoms with van der Waals surface area (Å²) in [6.07, 6.45) is 1.15. The minimum atomic E-state index is -2.58. The number of hydrogen-bond acceptors (Lipinski definition) is 4. The summed E-state index contributed by atoms with van der Waals surface area (Å²) < 4.78 is 66.0. The molecule has 0 atom stereocenters. The van der Waals surface area contributed by atoms with Crippen molar-refractivity contribution in [2.75, 3.05) is 0 Å². The Hall–Kier alpha value is -4.44. The third kappa shape index (κ3) is 8.12. The van der Waals surface area contributed by atoms with E-state index < -0.39 is 30.4 Å². The van der Waals surface area contributed by atoms with Gasteiger partial charge >= 0.3 is 0 Å². The van der Waals surface area contributed by atoms with Gasteiger partial charge in [-0.05, 0) is 76.7 Å². The van der Waals surface area contributed by atoms with Crippen molar-refractivity contribution in [2.45, 2.75) is 73.5 Å². The van der Waals surface area contributed by atoms with E-state index >= 15 is 0 Å². The van der Waals surface area contributed by atoms with Crippen molar-refractivity contribution < 1.29 is 34.1 Å². The van der Waals surface area contributed by atoms with Gasteiger partial charge in [0.25, 0.3) is 0 Å². The van der Waals surface area contributed by atoms with Crippen LogP contribution in [0.5, 0.6) is 0 Å². The maximum atomic E-state index is 8.80. The average molecular weight is 843 g/mol. The molecule has 4 nitrogen and oxygen atoms in total. The van der Waals surface area contributed by atoms with Crippen LogP contribution >= 0.6 is 0 Å². The summed E-state index contributed by atoms with van der Waals surface area (Å²) in [4.78, 5) is 13.6. The molecular weight excluding hydrogens is 791 g/mol. The molecular formula is C45H45IrN3O-2. The molecule has 0 N–H and O–H groups in total. The second-order valence-corrected chi connectivity index (χ2v) is 13.5. The first-order valence-electron chi connectivity index (χ1n) is 19.9. The Morgan fingerprint density at radius 1 is 0.800 bits per heavy atom. The Balaban J connectivity index is 0.000000405. The fourth-order valence-corrected chi connectivity index (χ4v) is 5.78. The molecule has 5 heteroatoms. The van der Waals surface area contributed by atoms with Gasteiger partial charge in [0.2, 0.25) is 5.71 Å². The SMILES string of the molecule is [2H]C([2H])([2H])c1cc(-c2[c-]ccc3c2oc2nc(-c4c(C([2H])(C)C)cccc4C([2H])(C)C)ccc23)ncc1C([2H])([2H])C(C)(C)C.[Ir].[c-]1ccccc1-c1ccccn1. The molecule has 3 aromatic carbocycles. The third-order valence-corrected chi connectivity index (χ3v) is 8.02. The average Bonchev–Trinajstić information content (AvgIpc) is 3.52. The van der Waals surface area contributed by atoms with Crippen LogP contribution < -0.4 is 0 Å². The van der Waals surface area contributed by atoms with Crippen molar-refractivity contribution in [3.63, 3.8) is 0 Å². The molecule has 0 aliphatic carbocycles. The summed E-state index contributed by atoms with van der Waals surface area (Å²) in [7, 11) is 0. The van der Waals surface area contributed by atoms with E-state index in [-0.39, 0.29) is 31.2 Å². The van der Waals surface area contributed by atoms with Crippen LogP contribution in [0.1, 0.15) is 92.1 Å². The number of hydrogen-bond donors (Lipinski definition) is 0. The molecule has 4 aromatic heterocycles. The summed E-state index contributed by atoms with van der Waals surface area (Å²) >= 11 is 0. The largest absolute Gasteiger partial charge is 0.486 e. The maximum Gasteiger partial charge on any atom is 0.216 e. The van der Waals surface area contributed by atoms with Gasteiger partial charge in [-0.1, -0.05) is 101 Å². The summed E-state index contributed by atoms with van der Waals surface area (Å²) in [5.41, 5.74) is 5.41. The first-order chi connectivity index (χ1) is 26.1. The van der Waals surface area contributed by atoms with Crippen molar-refractivity contribution in [1.82, 2.24) is 15.0 Å². The van der Waals surface area contributed by atoms with Gasteiger partial charge in [-0.3, -0.25) is 0 Å². The van der Waals surface area contributed by atoms with E-state index in [0.717, 1.165) is 38.7 Å². The number of furan rings is 1. The molecule has 7 rings (SSSR count). The molecule has 50 heavy (non-hydrogen) atoms. The quantitative estimate of drug-likeness (QED) is 0.157. The van der Waals surface area contributed by atoms with Crippen LogP contribution in [0.4, 0.5) is 0 Å². The zero-order chi connectivity index (χ0) is 40.8. The van der Waals surface area contributed by atoms with Crippen LogP contribution in [0.3, 0.4) is 0 Å². The van der Waals surface area contributed by atoms with Gasteiger partial charge < -0.3 is 14.4 Å². The van der Waals surface area contributed by atoms with E-state index in [0.29, 0.717) is 28.2 Å². The van der Waals surface area contributed by atoms with Gasteiger partial charge in [0, 0.05) is 53.0 Å². The number of aryl methyl sites for hydroxylation is 1. The van der Waals surface area contributed by atoms with Gasteiger partial charge in [-0.15, -0.1) is 54.1 Å². The fraction of sp³-hybridized carbons (Fsp3) is 0.267. The third-order valence-electron chi connectivity index (χ3n) is 8.02. The molecule has 0 bridgehead atoms. The van der Waals surface area contributed by atoms with Crippen molar-refractivity contribution in [1.29, 1.82) is 0 Å². The van der Waals surface area contributed by atoms with Crippen LogP contribution in [0.15, 0.2) is 108 Å². The number of fused-ring (bicyclic) bond motifs is 3. The summed E-state index contributed by atoms with van der Waals surface area (Å²) in [6.45, 7) is 9.86. The zero-order valence-electron chi connectivity index (χ0n) is 36.4. The summed E-state index contributed by atoms with van der Waals surface area (Å²) in [5, 5.41) is 1.49. The standard InChI is InChI=1S/C34H37N2O.C11H8N.Ir/c1-20(2)24-11-9-12-25(21(3)4)31(24)29-16-15-27-26-13-10-14-28(32(26)37-33(27)36-29)30-17-22(5)23(19-35-30)18-34(6,7)8;1-2-6-10(7-3-1)11-8-4-5-9-12-11;/h9-13,15-17,19-21H,18H2,1-8H3;1-6,8-9H;/q2*-1;/i5D3,18D2,20D,21D;;. The number of benzene rings is 3. The van der Waals surface area contributed by atoms with Gasteiger partial charge in [0.15, 0.2) is 0 Å². The zero-order valence-corrected chi connectivity index (χ0v) is 31.8. The molecule has 0 unspecified atom stereocenters. The molecule has 7 aromatic rings. The Morgan fingerprint density at radius 2 is 1.56 bits per heavy atom. The van der Waals surface area contributed by atoms with E-state index in [1.807, 2.05) is 107 Å². The molecule has 0 spiro atoms. The molecule has 0 saturated carbocycles. The minimum absolute atomic E-state index is 0. The number of rotatable bonds is 6. The van der Waals surface area contributed by atoms with Crippen LogP contribution in [0, 0.1) is 24.4 Å². The van der Waals surface area contributed by atoms with Gasteiger partial charge in [-0.2, -0.15) is 0 Å². The molecule has 1 radical (unpaired) electrons. The number of nitrogens with zero attached hydrogens (tertiary/aromatic N) is 3. The van der Waals surface area contributed by atoms with Gasteiger partial charge in [0.05, 0.1) is 11.3 Å². The smallest absolute Gasteiger partial charge is 0.216 e. The molecule has 0 fully saturated rings. The second kappa shape index (κ2) is 15.6. The van der Waals surface area contributed by atoms with Crippen molar-refractivity contribution >= 4 is 22.1 Å². The first-order valence-corrected chi connectivity index (χ1v) is 16.4. The van der Waals surface area contributed by atoms with Crippen LogP contribution in [-0.4, -0.2) is 15.0 Å². The monoisotopic (exact) mass is 843 g/mol. The molecule has 0 amide bonds. The summed E-state index contributed by atoms with van der Waals surface area (Å²) in [6, 6.07) is 34.4. The van der Waals surface area contributed by atoms with Crippen LogP contribution in [0.25, 0.3) is 55.8 Å². The molecule has 0 aliphatic rings. The van der Waals surface area contributed by atoms with Crippen molar-refractivity contribution in [3.8, 4) is 33.8 Å². The topological polar surface area (TPSA) is 51.8 Å². The van der Waals surface area contributed by atoms with E-state index in [9.17, 15) is 0 Å². The summed E-state index contributed by atoms with van der Waals surface area (Å²) in [5.74, 6) is -1.88. The minimum Gasteiger partial charge on any atom is -0.486 e. The predicted octanol–water partition coefficient (Wildman–Crippen LogP) is 12.2. The molecule has 257 valence electrons. The number of aromatic nitrogens is 3. The Bertz CT molecular complexity index is 2430. The van der Waals surface area contributed by atoms with Crippen LogP contribution in [0.2, 0.25) is 0 Å². The molecule has 4 heterocycles. The molecule has 0 saturated heterocycles. The van der Waals surface area contributed by atoms with Crippen LogP contribution in [-0.2, 0) is 26.5 Å². The fourth-order valence-electron chi connectivity index (χ4n) is 5.78. The predicted molar refractivity (Wildman–Crippen MR) is 204 cm³/mol. The van der Waals surface area contributed by atoms with E-state index in [4.69, 9.17) is 19.0 Å². The Morgan fingerprint density at radius 3 is 2.20 bits per heavy atom. The normalized spacial score (nSPS) is 14.5. The maximum absolute atomic E-state index is 8.80. The van der Waals surface area contributed by atoms with E-state index in [1.54, 1.807) is 33.0 Å². The van der Waals surface area contributed by atoms with Crippen molar-refractivity contribution in [3.05, 3.63) is 138 Å². The Kier molecular flexibility index (Phi) is 8.84. The Labute approximate surface area is 320 Å². The van der Waals surface area contributed by atoms with E-state index in [1.165, 1.54) is 12.3 Å². The number of pyridine rings is 3. The first kappa shape index (κ1) is 28.3. The van der Waals surface area contributed by atoms with Crippen molar-refractivity contribution in [2.24, 2.45) is 5.41 Å².